The van der Waals surface area contributed by atoms with Crippen LogP contribution in [0.1, 0.15) is 25.7 Å². The Hall–Kier alpha value is -1.30. The van der Waals surface area contributed by atoms with E-state index in [9.17, 15) is 9.59 Å². The van der Waals surface area contributed by atoms with Gasteiger partial charge in [-0.3, -0.25) is 4.79 Å². The predicted octanol–water partition coefficient (Wildman–Crippen LogP) is -0.0161. The summed E-state index contributed by atoms with van der Waals surface area (Å²) in [5.41, 5.74) is 5.76. The van der Waals surface area contributed by atoms with Crippen LogP contribution in [-0.2, 0) is 4.79 Å². The number of hydrogen-bond donors (Lipinski definition) is 3. The van der Waals surface area contributed by atoms with Crippen LogP contribution in [0.3, 0.4) is 0 Å². The number of piperidine rings is 1. The normalized spacial score (nSPS) is 20.6. The lowest BCUT2D eigenvalue weighted by Crippen LogP contribution is -2.49. The maximum absolute atomic E-state index is 11.6. The summed E-state index contributed by atoms with van der Waals surface area (Å²) in [6.45, 7) is 1.72. The number of amides is 2. The van der Waals surface area contributed by atoms with Crippen molar-refractivity contribution in [3.8, 4) is 0 Å². The standard InChI is InChI=1S/C10H19N3O3/c11-8-3-2-6-13(7-8)10(16)12-5-1-4-9(14)15/h8H,1-7,11H2,(H,12,16)(H,14,15). The van der Waals surface area contributed by atoms with Gasteiger partial charge in [-0.2, -0.15) is 0 Å². The van der Waals surface area contributed by atoms with Gasteiger partial charge >= 0.3 is 12.0 Å². The minimum Gasteiger partial charge on any atom is -0.481 e. The van der Waals surface area contributed by atoms with Crippen LogP contribution in [0.15, 0.2) is 0 Å². The SMILES string of the molecule is NC1CCCN(C(=O)NCCCC(=O)O)C1. The van der Waals surface area contributed by atoms with Crippen LogP contribution in [0.25, 0.3) is 0 Å². The van der Waals surface area contributed by atoms with Crippen molar-refractivity contribution in [2.75, 3.05) is 19.6 Å². The molecule has 0 aromatic rings. The fourth-order valence-corrected chi connectivity index (χ4v) is 1.74. The Morgan fingerprint density at radius 1 is 1.50 bits per heavy atom. The van der Waals surface area contributed by atoms with Crippen molar-refractivity contribution in [2.45, 2.75) is 31.7 Å². The Morgan fingerprint density at radius 3 is 2.88 bits per heavy atom. The summed E-state index contributed by atoms with van der Waals surface area (Å²) < 4.78 is 0. The zero-order chi connectivity index (χ0) is 12.0. The Balaban J connectivity index is 2.16. The van der Waals surface area contributed by atoms with E-state index in [4.69, 9.17) is 10.8 Å². The number of carbonyl (C=O) groups excluding carboxylic acids is 1. The zero-order valence-corrected chi connectivity index (χ0v) is 9.32. The summed E-state index contributed by atoms with van der Waals surface area (Å²) in [5, 5.41) is 11.1. The number of carboxylic acids is 1. The van der Waals surface area contributed by atoms with Gasteiger partial charge in [-0.05, 0) is 19.3 Å². The molecular formula is C10H19N3O3. The Labute approximate surface area is 94.8 Å². The highest BCUT2D eigenvalue weighted by molar-refractivity contribution is 5.74. The summed E-state index contributed by atoms with van der Waals surface area (Å²) in [6, 6.07) is -0.0703. The fraction of sp³-hybridized carbons (Fsp3) is 0.800. The van der Waals surface area contributed by atoms with Crippen LogP contribution in [0.2, 0.25) is 0 Å². The maximum Gasteiger partial charge on any atom is 0.317 e. The number of carbonyl (C=O) groups is 2. The topological polar surface area (TPSA) is 95.7 Å². The van der Waals surface area contributed by atoms with Crippen LogP contribution >= 0.6 is 0 Å². The summed E-state index contributed by atoms with van der Waals surface area (Å²) in [7, 11) is 0. The van der Waals surface area contributed by atoms with Crippen molar-refractivity contribution in [1.82, 2.24) is 10.2 Å². The van der Waals surface area contributed by atoms with E-state index >= 15 is 0 Å². The number of nitrogens with zero attached hydrogens (tertiary/aromatic N) is 1. The molecule has 1 fully saturated rings. The Morgan fingerprint density at radius 2 is 2.25 bits per heavy atom. The van der Waals surface area contributed by atoms with Crippen LogP contribution in [0, 0.1) is 0 Å². The van der Waals surface area contributed by atoms with E-state index in [1.54, 1.807) is 4.90 Å². The number of urea groups is 1. The summed E-state index contributed by atoms with van der Waals surface area (Å²) >= 11 is 0. The molecule has 92 valence electrons. The van der Waals surface area contributed by atoms with E-state index in [0.717, 1.165) is 19.4 Å². The molecule has 1 rings (SSSR count). The van der Waals surface area contributed by atoms with Gasteiger partial charge in [0.1, 0.15) is 0 Å². The Kier molecular flexibility index (Phi) is 5.04. The molecule has 1 unspecified atom stereocenters. The third-order valence-electron chi connectivity index (χ3n) is 2.59. The van der Waals surface area contributed by atoms with Crippen molar-refractivity contribution in [3.63, 3.8) is 0 Å². The second kappa shape index (κ2) is 6.32. The van der Waals surface area contributed by atoms with Crippen molar-refractivity contribution < 1.29 is 14.7 Å². The second-order valence-electron chi connectivity index (χ2n) is 4.08. The quantitative estimate of drug-likeness (QED) is 0.590. The number of rotatable bonds is 4. The van der Waals surface area contributed by atoms with Gasteiger partial charge in [-0.15, -0.1) is 0 Å². The minimum atomic E-state index is -0.839. The van der Waals surface area contributed by atoms with Crippen LogP contribution in [0.4, 0.5) is 4.79 Å². The lowest BCUT2D eigenvalue weighted by molar-refractivity contribution is -0.137. The van der Waals surface area contributed by atoms with Gasteiger partial charge < -0.3 is 21.1 Å². The molecule has 0 radical (unpaired) electrons. The van der Waals surface area contributed by atoms with Crippen LogP contribution < -0.4 is 11.1 Å². The first-order valence-electron chi connectivity index (χ1n) is 5.59. The molecule has 4 N–H and O–H groups in total. The second-order valence-corrected chi connectivity index (χ2v) is 4.08. The monoisotopic (exact) mass is 229 g/mol. The van der Waals surface area contributed by atoms with Crippen LogP contribution in [-0.4, -0.2) is 47.7 Å². The molecule has 0 aliphatic carbocycles. The van der Waals surface area contributed by atoms with Crippen LogP contribution in [0.5, 0.6) is 0 Å². The lowest BCUT2D eigenvalue weighted by atomic mass is 10.1. The predicted molar refractivity (Wildman–Crippen MR) is 59.1 cm³/mol. The van der Waals surface area contributed by atoms with Gasteiger partial charge in [0.15, 0.2) is 0 Å². The molecule has 1 atom stereocenters. The number of hydrogen-bond acceptors (Lipinski definition) is 3. The minimum absolute atomic E-state index is 0.0681. The van der Waals surface area contributed by atoms with Gasteiger partial charge in [0.05, 0.1) is 0 Å². The van der Waals surface area contributed by atoms with Crippen molar-refractivity contribution in [3.05, 3.63) is 0 Å². The number of carboxylic acid groups (broad SMARTS) is 1. The highest BCUT2D eigenvalue weighted by Crippen LogP contribution is 2.07. The third-order valence-corrected chi connectivity index (χ3v) is 2.59. The van der Waals surface area contributed by atoms with E-state index in [1.807, 2.05) is 0 Å². The molecule has 1 aliphatic heterocycles. The molecule has 1 heterocycles. The van der Waals surface area contributed by atoms with E-state index in [0.29, 0.717) is 19.5 Å². The highest BCUT2D eigenvalue weighted by atomic mass is 16.4. The number of aliphatic carboxylic acids is 1. The van der Waals surface area contributed by atoms with Gasteiger partial charge in [0, 0.05) is 32.1 Å². The molecule has 1 saturated heterocycles. The number of nitrogens with two attached hydrogens (primary N) is 1. The highest BCUT2D eigenvalue weighted by Gasteiger charge is 2.20. The molecule has 6 heteroatoms. The molecule has 0 aromatic heterocycles. The molecule has 0 saturated carbocycles. The summed E-state index contributed by atoms with van der Waals surface area (Å²) in [5.74, 6) is -0.839. The molecule has 16 heavy (non-hydrogen) atoms. The Bertz CT molecular complexity index is 258. The van der Waals surface area contributed by atoms with E-state index in [1.165, 1.54) is 0 Å². The smallest absolute Gasteiger partial charge is 0.317 e. The van der Waals surface area contributed by atoms with Crippen molar-refractivity contribution in [1.29, 1.82) is 0 Å². The first-order valence-corrected chi connectivity index (χ1v) is 5.59. The molecule has 0 spiro atoms. The van der Waals surface area contributed by atoms with E-state index in [2.05, 4.69) is 5.32 Å². The zero-order valence-electron chi connectivity index (χ0n) is 9.32. The first-order chi connectivity index (χ1) is 7.59. The van der Waals surface area contributed by atoms with Gasteiger partial charge in [0.2, 0.25) is 0 Å². The number of likely N-dealkylation sites (tertiary alicyclic amines) is 1. The number of nitrogens with one attached hydrogen (secondary N) is 1. The summed E-state index contributed by atoms with van der Waals surface area (Å²) in [4.78, 5) is 23.5. The average molecular weight is 229 g/mol. The van der Waals surface area contributed by atoms with Gasteiger partial charge in [-0.1, -0.05) is 0 Å². The molecule has 6 nitrogen and oxygen atoms in total. The van der Waals surface area contributed by atoms with Gasteiger partial charge in [0.25, 0.3) is 0 Å². The molecule has 1 aliphatic rings. The van der Waals surface area contributed by atoms with E-state index in [-0.39, 0.29) is 18.5 Å². The fourth-order valence-electron chi connectivity index (χ4n) is 1.74. The average Bonchev–Trinajstić information content (AvgIpc) is 2.24. The maximum atomic E-state index is 11.6. The van der Waals surface area contributed by atoms with Crippen molar-refractivity contribution in [2.24, 2.45) is 5.73 Å². The summed E-state index contributed by atoms with van der Waals surface area (Å²) in [6.07, 6.45) is 2.44. The van der Waals surface area contributed by atoms with E-state index < -0.39 is 5.97 Å². The van der Waals surface area contributed by atoms with Gasteiger partial charge in [-0.25, -0.2) is 4.79 Å². The largest absolute Gasteiger partial charge is 0.481 e. The lowest BCUT2D eigenvalue weighted by Gasteiger charge is -2.30. The first kappa shape index (κ1) is 12.8. The van der Waals surface area contributed by atoms with Crippen molar-refractivity contribution >= 4 is 12.0 Å². The molecular weight excluding hydrogens is 210 g/mol. The third kappa shape index (κ3) is 4.48. The molecule has 0 bridgehead atoms. The molecule has 0 aromatic carbocycles. The molecule has 2 amide bonds.